The van der Waals surface area contributed by atoms with Crippen LogP contribution in [0.4, 0.5) is 0 Å². The van der Waals surface area contributed by atoms with Gasteiger partial charge in [0.2, 0.25) is 0 Å². The number of hydrogen-bond acceptors (Lipinski definition) is 2. The van der Waals surface area contributed by atoms with Crippen molar-refractivity contribution in [2.24, 2.45) is 0 Å². The highest BCUT2D eigenvalue weighted by molar-refractivity contribution is 6.89. The third-order valence-corrected chi connectivity index (χ3v) is 14.6. The number of benzene rings is 3. The van der Waals surface area contributed by atoms with Gasteiger partial charge in [0.15, 0.2) is 0 Å². The first-order valence-corrected chi connectivity index (χ1v) is 25.4. The van der Waals surface area contributed by atoms with Crippen LogP contribution in [0.5, 0.6) is 11.5 Å². The van der Waals surface area contributed by atoms with Gasteiger partial charge in [0.1, 0.15) is 11.5 Å². The largest absolute Gasteiger partial charge is 0.507 e. The number of rotatable bonds is 13. The molecule has 47 heavy (non-hydrogen) atoms. The quantitative estimate of drug-likeness (QED) is 0.177. The second-order valence-electron chi connectivity index (χ2n) is 17.8. The first kappa shape index (κ1) is 40.9. The number of hydrogen-bond donors (Lipinski definition) is 2. The van der Waals surface area contributed by atoms with Crippen molar-refractivity contribution in [2.75, 3.05) is 0 Å². The van der Waals surface area contributed by atoms with Gasteiger partial charge in [0, 0.05) is 8.07 Å². The lowest BCUT2D eigenvalue weighted by Crippen LogP contribution is -2.41. The molecule has 0 aliphatic rings. The molecular weight excluding hydrogens is 605 g/mol. The molecule has 0 spiro atoms. The molecule has 0 unspecified atom stereocenters. The first-order valence-electron chi connectivity index (χ1n) is 18.5. The van der Waals surface area contributed by atoms with Crippen molar-refractivity contribution in [3.63, 3.8) is 0 Å². The van der Waals surface area contributed by atoms with Gasteiger partial charge in [-0.3, -0.25) is 0 Å². The fourth-order valence-corrected chi connectivity index (χ4v) is 9.42. The number of unbranched alkanes of at least 4 members (excludes halogenated alkanes) is 2. The van der Waals surface area contributed by atoms with Crippen molar-refractivity contribution < 1.29 is 10.2 Å². The van der Waals surface area contributed by atoms with Crippen molar-refractivity contribution >= 4 is 21.3 Å². The topological polar surface area (TPSA) is 40.5 Å². The lowest BCUT2D eigenvalue weighted by Gasteiger charge is -2.28. The second-order valence-corrected chi connectivity index (χ2v) is 28.3. The highest BCUT2D eigenvalue weighted by Gasteiger charge is 2.27. The van der Waals surface area contributed by atoms with Crippen LogP contribution in [-0.2, 0) is 36.5 Å². The van der Waals surface area contributed by atoms with Crippen LogP contribution in [0.2, 0.25) is 44.8 Å². The highest BCUT2D eigenvalue weighted by Crippen LogP contribution is 2.40. The van der Waals surface area contributed by atoms with E-state index in [0.717, 1.165) is 60.8 Å². The smallest absolute Gasteiger partial charge is 0.123 e. The molecule has 2 N–H and O–H groups in total. The van der Waals surface area contributed by atoms with Crippen LogP contribution in [0, 0.1) is 0 Å². The Kier molecular flexibility index (Phi) is 15.1. The van der Waals surface area contributed by atoms with E-state index in [4.69, 9.17) is 0 Å². The van der Waals surface area contributed by atoms with E-state index in [1.165, 1.54) is 41.2 Å². The Morgan fingerprint density at radius 3 is 1.38 bits per heavy atom. The summed E-state index contributed by atoms with van der Waals surface area (Å²) >= 11 is 0. The van der Waals surface area contributed by atoms with Crippen LogP contribution in [0.15, 0.2) is 54.6 Å². The predicted octanol–water partition coefficient (Wildman–Crippen LogP) is 12.1. The minimum atomic E-state index is -1.42. The van der Waals surface area contributed by atoms with Gasteiger partial charge in [-0.2, -0.15) is 0 Å². The Labute approximate surface area is 292 Å². The lowest BCUT2D eigenvalue weighted by molar-refractivity contribution is 0.422. The van der Waals surface area contributed by atoms with Crippen molar-refractivity contribution in [2.45, 2.75) is 162 Å². The van der Waals surface area contributed by atoms with Gasteiger partial charge in [0.05, 0.1) is 8.07 Å². The Bertz CT molecular complexity index is 1320. The van der Waals surface area contributed by atoms with E-state index in [9.17, 15) is 10.2 Å². The number of aryl methyl sites for hydroxylation is 4. The molecule has 2 nitrogen and oxygen atoms in total. The molecule has 3 aromatic carbocycles. The second kappa shape index (κ2) is 17.4. The normalized spacial score (nSPS) is 12.5. The van der Waals surface area contributed by atoms with Gasteiger partial charge >= 0.3 is 0 Å². The van der Waals surface area contributed by atoms with Crippen molar-refractivity contribution in [3.8, 4) is 11.5 Å². The van der Waals surface area contributed by atoms with E-state index < -0.39 is 16.1 Å². The Morgan fingerprint density at radius 1 is 0.553 bits per heavy atom. The molecule has 3 aromatic rings. The summed E-state index contributed by atoms with van der Waals surface area (Å²) in [5, 5.41) is 22.9. The maximum atomic E-state index is 10.7. The van der Waals surface area contributed by atoms with Crippen LogP contribution in [0.1, 0.15) is 114 Å². The van der Waals surface area contributed by atoms with Crippen LogP contribution in [-0.4, -0.2) is 26.4 Å². The van der Waals surface area contributed by atoms with Gasteiger partial charge in [-0.25, -0.2) is 0 Å². The molecule has 262 valence electrons. The summed E-state index contributed by atoms with van der Waals surface area (Å²) < 4.78 is 0. The van der Waals surface area contributed by atoms with E-state index in [2.05, 4.69) is 143 Å². The molecule has 0 aliphatic carbocycles. The number of aromatic hydroxyl groups is 2. The maximum absolute atomic E-state index is 10.7. The highest BCUT2D eigenvalue weighted by atomic mass is 28.3. The van der Waals surface area contributed by atoms with E-state index in [1.807, 2.05) is 0 Å². The van der Waals surface area contributed by atoms with E-state index >= 15 is 0 Å². The average Bonchev–Trinajstić information content (AvgIpc) is 2.98. The summed E-state index contributed by atoms with van der Waals surface area (Å²) in [6.07, 6.45) is 8.87. The summed E-state index contributed by atoms with van der Waals surface area (Å²) in [4.78, 5) is 0. The Morgan fingerprint density at radius 2 is 0.979 bits per heavy atom. The molecule has 0 saturated heterocycles. The van der Waals surface area contributed by atoms with Crippen LogP contribution in [0.25, 0.3) is 0 Å². The average molecular weight is 675 g/mol. The van der Waals surface area contributed by atoms with Crippen molar-refractivity contribution in [3.05, 3.63) is 88.0 Å². The fourth-order valence-electron chi connectivity index (χ4n) is 6.08. The van der Waals surface area contributed by atoms with Gasteiger partial charge in [-0.15, -0.1) is 0 Å². The van der Waals surface area contributed by atoms with Gasteiger partial charge in [-0.05, 0) is 88.8 Å². The van der Waals surface area contributed by atoms with Gasteiger partial charge < -0.3 is 10.2 Å². The third-order valence-electron chi connectivity index (χ3n) is 9.47. The standard InChI is InChI=1S/C24H36OSi.C19H34OSi/c1-5-7-12-21-18-20(19-22(24(21)25)13-8-6-2)16-17-26(3,4)23-14-10-9-11-15-23;1-18(2,3)15-12-14(10-11-21(7,8)9)13-16(17(15)20)19(4,5)6/h9-11,14-15,18-19,25H,5-8,12-13,16-17H2,1-4H3;12-13,20H,10-11H2,1-9H3. The molecule has 0 heterocycles. The first-order chi connectivity index (χ1) is 21.7. The van der Waals surface area contributed by atoms with E-state index in [1.54, 1.807) is 0 Å². The molecule has 0 radical (unpaired) electrons. The van der Waals surface area contributed by atoms with E-state index in [-0.39, 0.29) is 10.8 Å². The van der Waals surface area contributed by atoms with Gasteiger partial charge in [-0.1, -0.05) is 167 Å². The van der Waals surface area contributed by atoms with Crippen molar-refractivity contribution in [1.82, 2.24) is 0 Å². The molecule has 4 heteroatoms. The third kappa shape index (κ3) is 13.3. The SMILES string of the molecule is CC(C)(C)c1cc(CC[Si](C)(C)C)cc(C(C)(C)C)c1O.CCCCc1cc(CC[Si](C)(C)c2ccccc2)cc(CCCC)c1O. The maximum Gasteiger partial charge on any atom is 0.123 e. The Hall–Kier alpha value is -2.31. The molecular formula is C43H70O2Si2. The van der Waals surface area contributed by atoms with Crippen molar-refractivity contribution in [1.29, 1.82) is 0 Å². The summed E-state index contributed by atoms with van der Waals surface area (Å²) in [5.41, 5.74) is 7.23. The molecule has 3 rings (SSSR count). The van der Waals surface area contributed by atoms with Crippen LogP contribution in [0.3, 0.4) is 0 Å². The minimum absolute atomic E-state index is 0.0285. The summed E-state index contributed by atoms with van der Waals surface area (Å²) in [5.74, 6) is 1.06. The molecule has 0 atom stereocenters. The lowest BCUT2D eigenvalue weighted by atomic mass is 9.78. The zero-order valence-electron chi connectivity index (χ0n) is 32.7. The van der Waals surface area contributed by atoms with Crippen LogP contribution < -0.4 is 5.19 Å². The van der Waals surface area contributed by atoms with Gasteiger partial charge in [0.25, 0.3) is 0 Å². The summed E-state index contributed by atoms with van der Waals surface area (Å²) in [6, 6.07) is 22.6. The fraction of sp³-hybridized carbons (Fsp3) is 0.581. The minimum Gasteiger partial charge on any atom is -0.507 e. The molecule has 0 bridgehead atoms. The monoisotopic (exact) mass is 674 g/mol. The van der Waals surface area contributed by atoms with Crippen LogP contribution >= 0.6 is 0 Å². The number of phenolic OH excluding ortho intramolecular Hbond substituents is 2. The summed E-state index contributed by atoms with van der Waals surface area (Å²) in [7, 11) is -2.47. The molecule has 0 saturated carbocycles. The Balaban J connectivity index is 0.000000335. The molecule has 0 fully saturated rings. The number of phenols is 2. The summed E-state index contributed by atoms with van der Waals surface area (Å²) in [6.45, 7) is 29.7. The van der Waals surface area contributed by atoms with E-state index in [0.29, 0.717) is 11.5 Å². The predicted molar refractivity (Wildman–Crippen MR) is 215 cm³/mol. The molecule has 0 aliphatic heterocycles. The molecule has 0 aromatic heterocycles. The zero-order valence-corrected chi connectivity index (χ0v) is 34.7. The zero-order chi connectivity index (χ0) is 35.6. The molecule has 0 amide bonds.